The highest BCUT2D eigenvalue weighted by Crippen LogP contribution is 2.65. The zero-order valence-corrected chi connectivity index (χ0v) is 14.0. The van der Waals surface area contributed by atoms with Crippen LogP contribution in [0.4, 0.5) is 5.69 Å². The maximum absolute atomic E-state index is 13.0. The van der Waals surface area contributed by atoms with E-state index in [4.69, 9.17) is 0 Å². The number of imide groups is 1. The minimum Gasteiger partial charge on any atom is -0.324 e. The van der Waals surface area contributed by atoms with Crippen LogP contribution in [0.25, 0.3) is 0 Å². The maximum Gasteiger partial charge on any atom is 0.247 e. The molecule has 1 aliphatic heterocycles. The maximum atomic E-state index is 13.0. The molecule has 1 heterocycles. The highest BCUT2D eigenvalue weighted by Gasteiger charge is 2.67. The van der Waals surface area contributed by atoms with Gasteiger partial charge in [-0.05, 0) is 49.1 Å². The molecule has 1 saturated heterocycles. The number of benzene rings is 1. The van der Waals surface area contributed by atoms with Crippen molar-refractivity contribution in [2.45, 2.75) is 19.4 Å². The van der Waals surface area contributed by atoms with Crippen molar-refractivity contribution >= 4 is 23.4 Å². The van der Waals surface area contributed by atoms with Crippen LogP contribution in [-0.4, -0.2) is 28.7 Å². The van der Waals surface area contributed by atoms with Crippen LogP contribution in [0.1, 0.15) is 13.3 Å². The molecule has 6 rings (SSSR count). The zero-order valence-electron chi connectivity index (χ0n) is 14.0. The van der Waals surface area contributed by atoms with E-state index in [9.17, 15) is 14.4 Å². The van der Waals surface area contributed by atoms with Crippen molar-refractivity contribution in [1.82, 2.24) is 4.90 Å². The molecule has 4 aliphatic carbocycles. The van der Waals surface area contributed by atoms with Crippen LogP contribution in [0.3, 0.4) is 0 Å². The summed E-state index contributed by atoms with van der Waals surface area (Å²) in [5.74, 6) is 0.374. The van der Waals surface area contributed by atoms with Crippen molar-refractivity contribution in [1.29, 1.82) is 0 Å². The summed E-state index contributed by atoms with van der Waals surface area (Å²) in [5, 5.41) is 2.80. The first-order valence-corrected chi connectivity index (χ1v) is 8.99. The van der Waals surface area contributed by atoms with E-state index in [-0.39, 0.29) is 41.4 Å². The Balaban J connectivity index is 1.39. The molecule has 3 fully saturated rings. The third kappa shape index (κ3) is 1.98. The third-order valence-electron chi connectivity index (χ3n) is 6.50. The number of carbonyl (C=O) groups is 3. The van der Waals surface area contributed by atoms with Gasteiger partial charge in [-0.2, -0.15) is 0 Å². The van der Waals surface area contributed by atoms with Gasteiger partial charge in [-0.1, -0.05) is 30.4 Å². The second-order valence-electron chi connectivity index (χ2n) is 7.73. The molecule has 0 unspecified atom stereocenters. The van der Waals surface area contributed by atoms with E-state index in [1.807, 2.05) is 18.2 Å². The molecule has 2 saturated carbocycles. The van der Waals surface area contributed by atoms with Gasteiger partial charge in [-0.25, -0.2) is 0 Å². The first-order valence-electron chi connectivity index (χ1n) is 8.99. The Morgan fingerprint density at radius 2 is 1.60 bits per heavy atom. The van der Waals surface area contributed by atoms with Gasteiger partial charge in [-0.3, -0.25) is 19.3 Å². The van der Waals surface area contributed by atoms with Crippen molar-refractivity contribution in [2.24, 2.45) is 35.5 Å². The van der Waals surface area contributed by atoms with Crippen LogP contribution >= 0.6 is 0 Å². The first-order chi connectivity index (χ1) is 12.1. The van der Waals surface area contributed by atoms with E-state index in [1.54, 1.807) is 19.1 Å². The molecule has 5 nitrogen and oxygen atoms in total. The van der Waals surface area contributed by atoms with Gasteiger partial charge in [0.2, 0.25) is 17.7 Å². The summed E-state index contributed by atoms with van der Waals surface area (Å²) < 4.78 is 0. The van der Waals surface area contributed by atoms with Crippen LogP contribution in [0.2, 0.25) is 0 Å². The molecule has 0 spiro atoms. The van der Waals surface area contributed by atoms with Crippen LogP contribution < -0.4 is 5.32 Å². The van der Waals surface area contributed by atoms with Crippen molar-refractivity contribution in [3.8, 4) is 0 Å². The predicted molar refractivity (Wildman–Crippen MR) is 91.1 cm³/mol. The Labute approximate surface area is 146 Å². The van der Waals surface area contributed by atoms with E-state index >= 15 is 0 Å². The second kappa shape index (κ2) is 5.04. The lowest BCUT2D eigenvalue weighted by molar-refractivity contribution is -0.146. The highest BCUT2D eigenvalue weighted by atomic mass is 16.2. The lowest BCUT2D eigenvalue weighted by atomic mass is 9.63. The van der Waals surface area contributed by atoms with Crippen LogP contribution in [-0.2, 0) is 14.4 Å². The smallest absolute Gasteiger partial charge is 0.247 e. The fourth-order valence-corrected chi connectivity index (χ4v) is 5.25. The number of rotatable bonds is 3. The average molecular weight is 336 g/mol. The number of likely N-dealkylation sites (tertiary alicyclic amines) is 1. The van der Waals surface area contributed by atoms with Gasteiger partial charge in [0.1, 0.15) is 6.04 Å². The normalized spacial score (nSPS) is 38.4. The van der Waals surface area contributed by atoms with Gasteiger partial charge in [0.25, 0.3) is 0 Å². The average Bonchev–Trinajstić information content (AvgIpc) is 3.40. The number of para-hydroxylation sites is 1. The van der Waals surface area contributed by atoms with Crippen molar-refractivity contribution in [2.75, 3.05) is 5.32 Å². The van der Waals surface area contributed by atoms with E-state index in [0.29, 0.717) is 17.5 Å². The largest absolute Gasteiger partial charge is 0.324 e. The zero-order chi connectivity index (χ0) is 17.3. The number of carbonyl (C=O) groups excluding carboxylic acids is 3. The standard InChI is InChI=1S/C20H20N2O3/c1-10(18(23)21-11-5-3-2-4-6-11)22-19(24)16-12-7-8-13(15-9-14(12)15)17(16)20(22)25/h2-8,10,12-17H,9H2,1H3,(H,21,23)/t10-,12-,13-,14-,15-,16-,17+/m1/s1. The molecule has 5 heteroatoms. The summed E-state index contributed by atoms with van der Waals surface area (Å²) in [5.41, 5.74) is 0.666. The Kier molecular flexibility index (Phi) is 3.00. The Morgan fingerprint density at radius 1 is 1.04 bits per heavy atom. The number of hydrogen-bond acceptors (Lipinski definition) is 3. The van der Waals surface area contributed by atoms with Crippen molar-refractivity contribution in [3.05, 3.63) is 42.5 Å². The highest BCUT2D eigenvalue weighted by molar-refractivity contribution is 6.10. The number of anilines is 1. The van der Waals surface area contributed by atoms with Crippen molar-refractivity contribution in [3.63, 3.8) is 0 Å². The van der Waals surface area contributed by atoms with Gasteiger partial charge in [-0.15, -0.1) is 0 Å². The molecular weight excluding hydrogens is 316 g/mol. The summed E-state index contributed by atoms with van der Waals surface area (Å²) in [6.07, 6.45) is 5.42. The molecule has 1 aromatic rings. The monoisotopic (exact) mass is 336 g/mol. The first kappa shape index (κ1) is 14.9. The van der Waals surface area contributed by atoms with Gasteiger partial charge < -0.3 is 5.32 Å². The summed E-state index contributed by atoms with van der Waals surface area (Å²) in [6, 6.07) is 8.31. The second-order valence-corrected chi connectivity index (χ2v) is 7.73. The van der Waals surface area contributed by atoms with E-state index < -0.39 is 6.04 Å². The fraction of sp³-hybridized carbons (Fsp3) is 0.450. The summed E-state index contributed by atoms with van der Waals surface area (Å²) in [7, 11) is 0. The molecule has 2 bridgehead atoms. The van der Waals surface area contributed by atoms with Gasteiger partial charge in [0.05, 0.1) is 11.8 Å². The van der Waals surface area contributed by atoms with Gasteiger partial charge in [0, 0.05) is 5.69 Å². The Morgan fingerprint density at radius 3 is 2.16 bits per heavy atom. The van der Waals surface area contributed by atoms with E-state index in [0.717, 1.165) is 6.42 Å². The van der Waals surface area contributed by atoms with Crippen LogP contribution in [0.5, 0.6) is 0 Å². The number of amides is 3. The molecule has 0 aromatic heterocycles. The SMILES string of the molecule is C[C@H](C(=O)Nc1ccccc1)N1C(=O)[C@@H]2[C@@H]3C=C[C@H]([C@H]4C[C@H]34)[C@@H]2C1=O. The summed E-state index contributed by atoms with van der Waals surface area (Å²) in [4.78, 5) is 39.8. The molecule has 5 aliphatic rings. The molecule has 25 heavy (non-hydrogen) atoms. The van der Waals surface area contributed by atoms with Crippen LogP contribution in [0.15, 0.2) is 42.5 Å². The van der Waals surface area contributed by atoms with Gasteiger partial charge in [0.15, 0.2) is 0 Å². The summed E-state index contributed by atoms with van der Waals surface area (Å²) >= 11 is 0. The van der Waals surface area contributed by atoms with Crippen LogP contribution in [0, 0.1) is 35.5 Å². The molecular formula is C20H20N2O3. The minimum absolute atomic E-state index is 0.157. The minimum atomic E-state index is -0.790. The molecule has 0 radical (unpaired) electrons. The number of hydrogen-bond donors (Lipinski definition) is 1. The molecule has 1 N–H and O–H groups in total. The van der Waals surface area contributed by atoms with Gasteiger partial charge >= 0.3 is 0 Å². The molecule has 1 aromatic carbocycles. The van der Waals surface area contributed by atoms with Crippen molar-refractivity contribution < 1.29 is 14.4 Å². The fourth-order valence-electron chi connectivity index (χ4n) is 5.25. The lowest BCUT2D eigenvalue weighted by Gasteiger charge is -2.37. The topological polar surface area (TPSA) is 66.5 Å². The van der Waals surface area contributed by atoms with E-state index in [2.05, 4.69) is 17.5 Å². The van der Waals surface area contributed by atoms with E-state index in [1.165, 1.54) is 4.90 Å². The summed E-state index contributed by atoms with van der Waals surface area (Å²) in [6.45, 7) is 1.64. The Bertz CT molecular complexity index is 766. The molecule has 7 atom stereocenters. The number of nitrogens with one attached hydrogen (secondary N) is 1. The molecule has 3 amide bonds. The number of allylic oxidation sites excluding steroid dienone is 2. The molecule has 128 valence electrons. The Hall–Kier alpha value is -2.43. The lowest BCUT2D eigenvalue weighted by Crippen LogP contribution is -2.46. The third-order valence-corrected chi connectivity index (χ3v) is 6.50. The number of nitrogens with zero attached hydrogens (tertiary/aromatic N) is 1. The quantitative estimate of drug-likeness (QED) is 0.679. The predicted octanol–water partition coefficient (Wildman–Crippen LogP) is 2.07.